The molecule has 4 rings (SSSR count). The van der Waals surface area contributed by atoms with Crippen molar-refractivity contribution in [2.24, 2.45) is 5.41 Å². The highest BCUT2D eigenvalue weighted by molar-refractivity contribution is 7.07. The van der Waals surface area contributed by atoms with E-state index < -0.39 is 5.41 Å². The number of carbonyl (C=O) groups excluding carboxylic acids is 1. The number of rotatable bonds is 6. The molecule has 0 aliphatic heterocycles. The molecule has 35 heavy (non-hydrogen) atoms. The van der Waals surface area contributed by atoms with Gasteiger partial charge in [0.05, 0.1) is 29.1 Å². The van der Waals surface area contributed by atoms with Gasteiger partial charge in [-0.1, -0.05) is 39.0 Å². The molecular weight excluding hydrogens is 462 g/mol. The molecule has 180 valence electrons. The third-order valence-electron chi connectivity index (χ3n) is 5.39. The molecule has 0 bridgehead atoms. The Labute approximate surface area is 207 Å². The lowest BCUT2D eigenvalue weighted by molar-refractivity contribution is -0.119. The number of para-hydroxylation sites is 1. The van der Waals surface area contributed by atoms with Crippen LogP contribution in [0.4, 0.5) is 0 Å². The van der Waals surface area contributed by atoms with E-state index in [0.29, 0.717) is 26.4 Å². The summed E-state index contributed by atoms with van der Waals surface area (Å²) in [6.45, 7) is 5.54. The van der Waals surface area contributed by atoms with E-state index in [1.165, 1.54) is 17.4 Å². The molecule has 0 atom stereocenters. The molecule has 0 fully saturated rings. The second-order valence-electron chi connectivity index (χ2n) is 8.97. The number of nitrogens with one attached hydrogen (secondary N) is 1. The van der Waals surface area contributed by atoms with Gasteiger partial charge in [-0.2, -0.15) is 5.10 Å². The van der Waals surface area contributed by atoms with Crippen LogP contribution in [0.2, 0.25) is 0 Å². The lowest BCUT2D eigenvalue weighted by Gasteiger charge is -2.12. The van der Waals surface area contributed by atoms with Crippen molar-refractivity contribution in [3.63, 3.8) is 0 Å². The minimum absolute atomic E-state index is 0.0514. The Morgan fingerprint density at radius 1 is 1.06 bits per heavy atom. The molecule has 0 radical (unpaired) electrons. The minimum Gasteiger partial charge on any atom is -0.493 e. The number of ether oxygens (including phenoxy) is 2. The molecule has 0 amide bonds. The quantitative estimate of drug-likeness (QED) is 0.448. The normalized spacial score (nSPS) is 12.7. The average molecular weight is 490 g/mol. The van der Waals surface area contributed by atoms with E-state index in [4.69, 9.17) is 14.6 Å². The molecule has 0 unspecified atom stereocenters. The highest BCUT2D eigenvalue weighted by atomic mass is 32.1. The number of aromatic nitrogens is 3. The van der Waals surface area contributed by atoms with Crippen LogP contribution in [-0.4, -0.2) is 34.8 Å². The smallest absolute Gasteiger partial charge is 0.266 e. The van der Waals surface area contributed by atoms with Gasteiger partial charge in [-0.15, -0.1) is 11.3 Å². The van der Waals surface area contributed by atoms with E-state index in [1.54, 1.807) is 25.0 Å². The second-order valence-corrected chi connectivity index (χ2v) is 10.1. The Morgan fingerprint density at radius 2 is 1.77 bits per heavy atom. The SMILES string of the molecule is COc1ccc(-c2nn(-c3ccccc3)cc2/C=c2\s/c(=C\C(=O)C(C)(C)C)[nH]c2=O)cc1OC. The number of benzene rings is 2. The monoisotopic (exact) mass is 489 g/mol. The minimum atomic E-state index is -0.526. The number of nitrogens with zero attached hydrogens (tertiary/aromatic N) is 2. The average Bonchev–Trinajstić information content (AvgIpc) is 3.41. The number of hydrogen-bond donors (Lipinski definition) is 1. The van der Waals surface area contributed by atoms with Gasteiger partial charge in [0, 0.05) is 28.8 Å². The van der Waals surface area contributed by atoms with Crippen molar-refractivity contribution in [2.45, 2.75) is 20.8 Å². The molecule has 0 aliphatic carbocycles. The first-order valence-electron chi connectivity index (χ1n) is 11.0. The summed E-state index contributed by atoms with van der Waals surface area (Å²) in [6.07, 6.45) is 5.16. The zero-order valence-corrected chi connectivity index (χ0v) is 21.1. The maximum absolute atomic E-state index is 12.7. The maximum atomic E-state index is 12.7. The summed E-state index contributed by atoms with van der Waals surface area (Å²) >= 11 is 1.24. The Hall–Kier alpha value is -3.91. The Kier molecular flexibility index (Phi) is 6.75. The van der Waals surface area contributed by atoms with E-state index in [-0.39, 0.29) is 11.3 Å². The van der Waals surface area contributed by atoms with E-state index >= 15 is 0 Å². The van der Waals surface area contributed by atoms with Crippen LogP contribution >= 0.6 is 11.3 Å². The molecule has 0 spiro atoms. The standard InChI is InChI=1S/C27H27N3O4S/c1-27(2,3)23(31)15-24-28-26(32)22(35-24)14-18-16-30(19-9-7-6-8-10-19)29-25(18)17-11-12-20(33-4)21(13-17)34-5/h6-16H,1-5H3,(H,28,32)/b22-14-,24-15-. The summed E-state index contributed by atoms with van der Waals surface area (Å²) in [5.74, 6) is 1.14. The number of carbonyl (C=O) groups is 1. The van der Waals surface area contributed by atoms with Gasteiger partial charge in [0.25, 0.3) is 5.56 Å². The van der Waals surface area contributed by atoms with Crippen LogP contribution in [0, 0.1) is 5.41 Å². The Bertz CT molecular complexity index is 1540. The summed E-state index contributed by atoms with van der Waals surface area (Å²) in [5, 5.41) is 4.81. The molecule has 0 aliphatic rings. The van der Waals surface area contributed by atoms with E-state index in [9.17, 15) is 9.59 Å². The van der Waals surface area contributed by atoms with Crippen LogP contribution in [0.1, 0.15) is 26.3 Å². The number of methoxy groups -OCH3 is 2. The van der Waals surface area contributed by atoms with Crippen molar-refractivity contribution in [3.05, 3.63) is 79.8 Å². The predicted molar refractivity (Wildman–Crippen MR) is 139 cm³/mol. The van der Waals surface area contributed by atoms with Gasteiger partial charge in [-0.3, -0.25) is 9.59 Å². The Balaban J connectivity index is 1.89. The lowest BCUT2D eigenvalue weighted by atomic mass is 9.91. The first-order chi connectivity index (χ1) is 16.7. The fourth-order valence-electron chi connectivity index (χ4n) is 3.41. The first kappa shape index (κ1) is 24.2. The fraction of sp³-hybridized carbons (Fsp3) is 0.222. The number of H-pyrrole nitrogens is 1. The molecule has 2 aromatic heterocycles. The van der Waals surface area contributed by atoms with Gasteiger partial charge >= 0.3 is 0 Å². The second kappa shape index (κ2) is 9.76. The number of hydrogen-bond acceptors (Lipinski definition) is 6. The lowest BCUT2D eigenvalue weighted by Crippen LogP contribution is -2.22. The summed E-state index contributed by atoms with van der Waals surface area (Å²) in [4.78, 5) is 27.9. The van der Waals surface area contributed by atoms with Crippen molar-refractivity contribution >= 4 is 29.3 Å². The topological polar surface area (TPSA) is 86.2 Å². The largest absolute Gasteiger partial charge is 0.493 e. The van der Waals surface area contributed by atoms with Crippen LogP contribution in [0.3, 0.4) is 0 Å². The zero-order valence-electron chi connectivity index (χ0n) is 20.3. The summed E-state index contributed by atoms with van der Waals surface area (Å²) in [6, 6.07) is 15.3. The van der Waals surface area contributed by atoms with E-state index in [2.05, 4.69) is 4.98 Å². The molecule has 2 aromatic carbocycles. The van der Waals surface area contributed by atoms with E-state index in [1.807, 2.05) is 75.5 Å². The molecule has 8 heteroatoms. The fourth-order valence-corrected chi connectivity index (χ4v) is 4.29. The highest BCUT2D eigenvalue weighted by Crippen LogP contribution is 2.33. The van der Waals surface area contributed by atoms with Crippen LogP contribution in [0.25, 0.3) is 29.1 Å². The molecule has 0 saturated carbocycles. The van der Waals surface area contributed by atoms with Gasteiger partial charge in [-0.25, -0.2) is 4.68 Å². The van der Waals surface area contributed by atoms with Crippen LogP contribution < -0.4 is 24.2 Å². The van der Waals surface area contributed by atoms with Crippen LogP contribution in [0.5, 0.6) is 11.5 Å². The Morgan fingerprint density at radius 3 is 2.43 bits per heavy atom. The predicted octanol–water partition coefficient (Wildman–Crippen LogP) is 3.53. The van der Waals surface area contributed by atoms with Gasteiger partial charge in [-0.05, 0) is 36.4 Å². The zero-order chi connectivity index (χ0) is 25.2. The van der Waals surface area contributed by atoms with Crippen molar-refractivity contribution < 1.29 is 14.3 Å². The van der Waals surface area contributed by atoms with Crippen LogP contribution in [-0.2, 0) is 4.79 Å². The first-order valence-corrected chi connectivity index (χ1v) is 11.9. The highest BCUT2D eigenvalue weighted by Gasteiger charge is 2.19. The summed E-state index contributed by atoms with van der Waals surface area (Å²) in [7, 11) is 3.17. The molecule has 1 N–H and O–H groups in total. The van der Waals surface area contributed by atoms with Crippen molar-refractivity contribution in [3.8, 4) is 28.4 Å². The number of thiazole rings is 1. The molecular formula is C27H27N3O4S. The van der Waals surface area contributed by atoms with Crippen molar-refractivity contribution in [1.29, 1.82) is 0 Å². The van der Waals surface area contributed by atoms with E-state index in [0.717, 1.165) is 16.8 Å². The number of aromatic amines is 1. The van der Waals surface area contributed by atoms with Gasteiger partial charge in [0.1, 0.15) is 5.69 Å². The van der Waals surface area contributed by atoms with Gasteiger partial charge in [0.2, 0.25) is 0 Å². The van der Waals surface area contributed by atoms with Crippen molar-refractivity contribution in [2.75, 3.05) is 14.2 Å². The maximum Gasteiger partial charge on any atom is 0.266 e. The number of ketones is 1. The molecule has 7 nitrogen and oxygen atoms in total. The number of Topliss-reactive ketones (excluding diaryl/α,β-unsaturated/α-hetero) is 1. The third-order valence-corrected chi connectivity index (χ3v) is 6.35. The third kappa shape index (κ3) is 5.27. The van der Waals surface area contributed by atoms with Crippen molar-refractivity contribution in [1.82, 2.24) is 14.8 Å². The molecule has 0 saturated heterocycles. The molecule has 4 aromatic rings. The van der Waals surface area contributed by atoms with Gasteiger partial charge in [0.15, 0.2) is 17.3 Å². The summed E-state index contributed by atoms with van der Waals surface area (Å²) in [5.41, 5.74) is 2.35. The van der Waals surface area contributed by atoms with Gasteiger partial charge < -0.3 is 14.5 Å². The van der Waals surface area contributed by atoms with Crippen LogP contribution in [0.15, 0.2) is 59.5 Å². The molecule has 2 heterocycles. The summed E-state index contributed by atoms with van der Waals surface area (Å²) < 4.78 is 13.6.